The largest absolute Gasteiger partial charge is 0.382 e. The third-order valence-electron chi connectivity index (χ3n) is 6.70. The molecular weight excluding hydrogens is 374 g/mol. The van der Waals surface area contributed by atoms with Gasteiger partial charge in [0.25, 0.3) is 0 Å². The molecule has 2 saturated heterocycles. The summed E-state index contributed by atoms with van der Waals surface area (Å²) in [7, 11) is 1.69. The van der Waals surface area contributed by atoms with Crippen molar-refractivity contribution < 1.29 is 14.3 Å². The fraction of sp³-hybridized carbons (Fsp3) is 0.423. The Kier molecular flexibility index (Phi) is 5.81. The van der Waals surface area contributed by atoms with Crippen LogP contribution in [0.25, 0.3) is 0 Å². The molecule has 30 heavy (non-hydrogen) atoms. The van der Waals surface area contributed by atoms with Gasteiger partial charge in [-0.05, 0) is 43.7 Å². The molecule has 4 rings (SSSR count). The van der Waals surface area contributed by atoms with Crippen LogP contribution in [0.1, 0.15) is 43.4 Å². The Hall–Kier alpha value is -2.43. The molecule has 0 bridgehead atoms. The summed E-state index contributed by atoms with van der Waals surface area (Å²) in [4.78, 5) is 16.1. The van der Waals surface area contributed by atoms with Crippen molar-refractivity contribution in [2.24, 2.45) is 5.41 Å². The Morgan fingerprint density at radius 1 is 1.13 bits per heavy atom. The first-order valence-corrected chi connectivity index (χ1v) is 10.7. The summed E-state index contributed by atoms with van der Waals surface area (Å²) in [5.41, 5.74) is 1.14. The Balaban J connectivity index is 1.72. The topological polar surface area (TPSA) is 38.8 Å². The Morgan fingerprint density at radius 3 is 2.43 bits per heavy atom. The summed E-state index contributed by atoms with van der Waals surface area (Å²) < 4.78 is 12.2. The lowest BCUT2D eigenvalue weighted by Gasteiger charge is -2.49. The number of ether oxygens (including phenoxy) is 2. The van der Waals surface area contributed by atoms with Gasteiger partial charge in [-0.1, -0.05) is 66.7 Å². The summed E-state index contributed by atoms with van der Waals surface area (Å²) >= 11 is 0. The lowest BCUT2D eigenvalue weighted by atomic mass is 9.69. The van der Waals surface area contributed by atoms with Gasteiger partial charge in [-0.2, -0.15) is 0 Å². The normalized spacial score (nSPS) is 30.9. The van der Waals surface area contributed by atoms with E-state index in [1.807, 2.05) is 47.4 Å². The number of benzene rings is 2. The van der Waals surface area contributed by atoms with Gasteiger partial charge in [-0.25, -0.2) is 0 Å². The van der Waals surface area contributed by atoms with Crippen LogP contribution in [-0.4, -0.2) is 36.3 Å². The van der Waals surface area contributed by atoms with E-state index in [1.54, 1.807) is 7.11 Å². The molecule has 0 aliphatic carbocycles. The fourth-order valence-electron chi connectivity index (χ4n) is 5.23. The predicted octanol–water partition coefficient (Wildman–Crippen LogP) is 4.92. The number of piperidine rings is 1. The van der Waals surface area contributed by atoms with E-state index < -0.39 is 11.1 Å². The van der Waals surface area contributed by atoms with E-state index in [1.165, 1.54) is 5.56 Å². The molecular formula is C26H31NO3. The highest BCUT2D eigenvalue weighted by Crippen LogP contribution is 2.52. The van der Waals surface area contributed by atoms with E-state index in [2.05, 4.69) is 37.8 Å². The SMILES string of the molecule is C=CC[C@]1(Cc2ccccc2)CC[C@@]2(C)O[C@@H](c3ccccc3)[C@H](COC)N2C1=O. The standard InChI is InChI=1S/C26H31NO3/c1-4-15-26(18-20-11-7-5-8-12-20)17-16-25(2)27(24(26)28)22(19-29-3)23(30-25)21-13-9-6-10-14-21/h4-14,22-23H,1,15-19H2,2-3H3/t22-,23-,25+,26+/m0/s1. The number of nitrogens with zero attached hydrogens (tertiary/aromatic N) is 1. The van der Waals surface area contributed by atoms with Crippen LogP contribution in [0.3, 0.4) is 0 Å². The number of methoxy groups -OCH3 is 1. The van der Waals surface area contributed by atoms with Crippen LogP contribution < -0.4 is 0 Å². The molecule has 4 nitrogen and oxygen atoms in total. The average Bonchev–Trinajstić information content (AvgIpc) is 3.06. The lowest BCUT2D eigenvalue weighted by Crippen LogP contribution is -2.60. The number of hydrogen-bond donors (Lipinski definition) is 0. The monoisotopic (exact) mass is 405 g/mol. The zero-order chi connectivity index (χ0) is 21.2. The minimum absolute atomic E-state index is 0.153. The number of hydrogen-bond acceptors (Lipinski definition) is 3. The maximum atomic E-state index is 14.1. The zero-order valence-corrected chi connectivity index (χ0v) is 17.9. The van der Waals surface area contributed by atoms with Crippen molar-refractivity contribution in [3.63, 3.8) is 0 Å². The molecule has 4 heteroatoms. The van der Waals surface area contributed by atoms with E-state index in [0.29, 0.717) is 19.4 Å². The summed E-state index contributed by atoms with van der Waals surface area (Å²) in [5.74, 6) is 0.153. The van der Waals surface area contributed by atoms with E-state index >= 15 is 0 Å². The molecule has 2 fully saturated rings. The van der Waals surface area contributed by atoms with Crippen molar-refractivity contribution in [2.75, 3.05) is 13.7 Å². The molecule has 2 aliphatic heterocycles. The Bertz CT molecular complexity index is 884. The van der Waals surface area contributed by atoms with Crippen LogP contribution in [-0.2, 0) is 20.7 Å². The Morgan fingerprint density at radius 2 is 1.80 bits per heavy atom. The maximum Gasteiger partial charge on any atom is 0.232 e. The van der Waals surface area contributed by atoms with E-state index in [4.69, 9.17) is 9.47 Å². The highest BCUT2D eigenvalue weighted by molar-refractivity contribution is 5.85. The van der Waals surface area contributed by atoms with Crippen LogP contribution >= 0.6 is 0 Å². The predicted molar refractivity (Wildman–Crippen MR) is 118 cm³/mol. The highest BCUT2D eigenvalue weighted by atomic mass is 16.6. The van der Waals surface area contributed by atoms with Crippen LogP contribution in [0.5, 0.6) is 0 Å². The van der Waals surface area contributed by atoms with Gasteiger partial charge in [0.2, 0.25) is 5.91 Å². The molecule has 0 saturated carbocycles. The van der Waals surface area contributed by atoms with Gasteiger partial charge >= 0.3 is 0 Å². The number of fused-ring (bicyclic) bond motifs is 1. The van der Waals surface area contributed by atoms with Crippen LogP contribution in [0.4, 0.5) is 0 Å². The molecule has 0 spiro atoms. The van der Waals surface area contributed by atoms with Crippen molar-refractivity contribution in [2.45, 2.75) is 50.5 Å². The first kappa shape index (κ1) is 20.8. The van der Waals surface area contributed by atoms with Gasteiger partial charge in [-0.3, -0.25) is 4.79 Å². The molecule has 0 N–H and O–H groups in total. The third kappa shape index (κ3) is 3.59. The first-order chi connectivity index (χ1) is 14.5. The molecule has 0 radical (unpaired) electrons. The summed E-state index contributed by atoms with van der Waals surface area (Å²) in [6.07, 6.45) is 4.63. The van der Waals surface area contributed by atoms with Gasteiger partial charge < -0.3 is 14.4 Å². The molecule has 1 amide bonds. The lowest BCUT2D eigenvalue weighted by molar-refractivity contribution is -0.177. The van der Waals surface area contributed by atoms with E-state index in [0.717, 1.165) is 18.4 Å². The third-order valence-corrected chi connectivity index (χ3v) is 6.70. The Labute approximate surface area is 179 Å². The summed E-state index contributed by atoms with van der Waals surface area (Å²) in [5, 5.41) is 0. The first-order valence-electron chi connectivity index (χ1n) is 10.7. The van der Waals surface area contributed by atoms with E-state index in [-0.39, 0.29) is 18.1 Å². The molecule has 4 atom stereocenters. The molecule has 2 aliphatic rings. The number of allylic oxidation sites excluding steroid dienone is 1. The summed E-state index contributed by atoms with van der Waals surface area (Å²) in [6.45, 7) is 6.46. The van der Waals surface area contributed by atoms with Gasteiger partial charge in [0.1, 0.15) is 11.8 Å². The number of carbonyl (C=O) groups excluding carboxylic acids is 1. The molecule has 0 aromatic heterocycles. The second-order valence-electron chi connectivity index (χ2n) is 8.76. The molecule has 158 valence electrons. The van der Waals surface area contributed by atoms with Gasteiger partial charge in [0, 0.05) is 7.11 Å². The van der Waals surface area contributed by atoms with Crippen molar-refractivity contribution >= 4 is 5.91 Å². The van der Waals surface area contributed by atoms with Crippen LogP contribution in [0, 0.1) is 5.41 Å². The van der Waals surface area contributed by atoms with Gasteiger partial charge in [-0.15, -0.1) is 6.58 Å². The minimum atomic E-state index is -0.623. The van der Waals surface area contributed by atoms with E-state index in [9.17, 15) is 4.79 Å². The van der Waals surface area contributed by atoms with Gasteiger partial charge in [0.05, 0.1) is 18.1 Å². The van der Waals surface area contributed by atoms with Crippen molar-refractivity contribution in [3.8, 4) is 0 Å². The number of rotatable bonds is 7. The second-order valence-corrected chi connectivity index (χ2v) is 8.76. The second kappa shape index (κ2) is 8.37. The quantitative estimate of drug-likeness (QED) is 0.614. The maximum absolute atomic E-state index is 14.1. The minimum Gasteiger partial charge on any atom is -0.382 e. The molecule has 2 aromatic carbocycles. The molecule has 2 heterocycles. The fourth-order valence-corrected chi connectivity index (χ4v) is 5.23. The van der Waals surface area contributed by atoms with Crippen LogP contribution in [0.15, 0.2) is 73.3 Å². The number of amides is 1. The highest BCUT2D eigenvalue weighted by Gasteiger charge is 2.60. The van der Waals surface area contributed by atoms with Crippen LogP contribution in [0.2, 0.25) is 0 Å². The van der Waals surface area contributed by atoms with Crippen molar-refractivity contribution in [3.05, 3.63) is 84.4 Å². The van der Waals surface area contributed by atoms with Gasteiger partial charge in [0.15, 0.2) is 0 Å². The number of carbonyl (C=O) groups is 1. The molecule has 2 aromatic rings. The van der Waals surface area contributed by atoms with Crippen molar-refractivity contribution in [1.82, 2.24) is 4.90 Å². The zero-order valence-electron chi connectivity index (χ0n) is 17.9. The van der Waals surface area contributed by atoms with Crippen molar-refractivity contribution in [1.29, 1.82) is 0 Å². The average molecular weight is 406 g/mol. The summed E-state index contributed by atoms with van der Waals surface area (Å²) in [6, 6.07) is 20.3. The molecule has 0 unspecified atom stereocenters. The smallest absolute Gasteiger partial charge is 0.232 e.